The van der Waals surface area contributed by atoms with E-state index in [1.807, 2.05) is 0 Å². The summed E-state index contributed by atoms with van der Waals surface area (Å²) >= 11 is 0. The number of aromatic nitrogens is 3. The topological polar surface area (TPSA) is 68.9 Å². The lowest BCUT2D eigenvalue weighted by Gasteiger charge is -1.88. The Bertz CT molecular complexity index is 410. The molecule has 0 unspecified atom stereocenters. The van der Waals surface area contributed by atoms with Gasteiger partial charge in [-0.15, -0.1) is 5.10 Å². The first-order chi connectivity index (χ1) is 6.40. The Morgan fingerprint density at radius 1 is 1.38 bits per heavy atom. The van der Waals surface area contributed by atoms with Crippen LogP contribution in [0.3, 0.4) is 0 Å². The van der Waals surface area contributed by atoms with E-state index < -0.39 is 0 Å². The van der Waals surface area contributed by atoms with Crippen molar-refractivity contribution >= 4 is 6.29 Å². The molecule has 2 rings (SSSR count). The van der Waals surface area contributed by atoms with E-state index in [4.69, 9.17) is 0 Å². The zero-order valence-electron chi connectivity index (χ0n) is 6.54. The molecule has 0 aromatic carbocycles. The van der Waals surface area contributed by atoms with Crippen molar-refractivity contribution in [2.45, 2.75) is 0 Å². The summed E-state index contributed by atoms with van der Waals surface area (Å²) in [7, 11) is 0. The normalized spacial score (nSPS) is 9.85. The highest BCUT2D eigenvalue weighted by atomic mass is 16.5. The van der Waals surface area contributed by atoms with Crippen molar-refractivity contribution in [3.63, 3.8) is 0 Å². The third kappa shape index (κ3) is 1.44. The molecule has 0 N–H and O–H groups in total. The highest BCUT2D eigenvalue weighted by Gasteiger charge is 2.05. The van der Waals surface area contributed by atoms with Crippen molar-refractivity contribution in [3.8, 4) is 11.4 Å². The number of carbonyl (C=O) groups is 1. The predicted molar refractivity (Wildman–Crippen MR) is 42.9 cm³/mol. The fourth-order valence-corrected chi connectivity index (χ4v) is 0.904. The van der Waals surface area contributed by atoms with Crippen LogP contribution in [0.25, 0.3) is 11.4 Å². The first kappa shape index (κ1) is 7.60. The average molecular weight is 175 g/mol. The van der Waals surface area contributed by atoms with Gasteiger partial charge in [0.15, 0.2) is 12.0 Å². The number of hydrogen-bond donors (Lipinski definition) is 0. The average Bonchev–Trinajstić information content (AvgIpc) is 2.67. The zero-order valence-corrected chi connectivity index (χ0v) is 6.54. The van der Waals surface area contributed by atoms with E-state index in [9.17, 15) is 4.79 Å². The molecule has 2 aromatic rings. The van der Waals surface area contributed by atoms with Gasteiger partial charge in [-0.05, 0) is 12.1 Å². The molecule has 0 bridgehead atoms. The van der Waals surface area contributed by atoms with Crippen LogP contribution in [0.4, 0.5) is 0 Å². The molecule has 0 atom stereocenters. The van der Waals surface area contributed by atoms with Crippen LogP contribution in [-0.2, 0) is 0 Å². The molecule has 0 spiro atoms. The molecule has 0 saturated heterocycles. The molecule has 0 saturated carbocycles. The summed E-state index contributed by atoms with van der Waals surface area (Å²) in [4.78, 5) is 10.3. The molecule has 0 aliphatic rings. The number of hydrogen-bond acceptors (Lipinski definition) is 5. The van der Waals surface area contributed by atoms with Crippen molar-refractivity contribution < 1.29 is 9.32 Å². The summed E-state index contributed by atoms with van der Waals surface area (Å²) in [6.07, 6.45) is 2.15. The first-order valence-electron chi connectivity index (χ1n) is 3.60. The first-order valence-corrected chi connectivity index (χ1v) is 3.60. The molecule has 5 heteroatoms. The quantitative estimate of drug-likeness (QED) is 0.635. The summed E-state index contributed by atoms with van der Waals surface area (Å²) in [6.45, 7) is 0. The van der Waals surface area contributed by atoms with E-state index in [-0.39, 0.29) is 5.76 Å². The minimum atomic E-state index is 0.181. The van der Waals surface area contributed by atoms with Crippen LogP contribution >= 0.6 is 0 Å². The van der Waals surface area contributed by atoms with Gasteiger partial charge in [0.25, 0.3) is 0 Å². The molecule has 0 aliphatic heterocycles. The maximum Gasteiger partial charge on any atom is 0.199 e. The van der Waals surface area contributed by atoms with Crippen molar-refractivity contribution in [2.24, 2.45) is 0 Å². The van der Waals surface area contributed by atoms with E-state index in [2.05, 4.69) is 19.9 Å². The van der Waals surface area contributed by atoms with Gasteiger partial charge in [-0.2, -0.15) is 5.10 Å². The van der Waals surface area contributed by atoms with Crippen LogP contribution in [0.15, 0.2) is 28.9 Å². The fourth-order valence-electron chi connectivity index (χ4n) is 0.904. The standard InChI is InChI=1S/C8H5N3O2/c12-5-6-4-8(11-13-6)7-2-1-3-9-10-7/h1-5H. The highest BCUT2D eigenvalue weighted by Crippen LogP contribution is 2.13. The summed E-state index contributed by atoms with van der Waals surface area (Å²) in [5.74, 6) is 0.181. The molecule has 0 radical (unpaired) electrons. The number of rotatable bonds is 2. The second-order valence-corrected chi connectivity index (χ2v) is 2.34. The van der Waals surface area contributed by atoms with Gasteiger partial charge in [0.1, 0.15) is 11.4 Å². The molecular weight excluding hydrogens is 170 g/mol. The summed E-state index contributed by atoms with van der Waals surface area (Å²) in [6, 6.07) is 4.98. The molecule has 13 heavy (non-hydrogen) atoms. The Hall–Kier alpha value is -2.04. The molecule has 0 fully saturated rings. The fraction of sp³-hybridized carbons (Fsp3) is 0. The van der Waals surface area contributed by atoms with Gasteiger partial charge in [-0.1, -0.05) is 5.16 Å². The van der Waals surface area contributed by atoms with E-state index in [1.165, 1.54) is 6.07 Å². The van der Waals surface area contributed by atoms with Gasteiger partial charge in [-0.25, -0.2) is 0 Å². The van der Waals surface area contributed by atoms with E-state index in [0.29, 0.717) is 17.7 Å². The maximum atomic E-state index is 10.3. The lowest BCUT2D eigenvalue weighted by molar-refractivity contribution is 0.109. The smallest absolute Gasteiger partial charge is 0.199 e. The third-order valence-corrected chi connectivity index (χ3v) is 1.48. The van der Waals surface area contributed by atoms with Gasteiger partial charge in [0.2, 0.25) is 0 Å². The summed E-state index contributed by atoms with van der Waals surface area (Å²) in [5, 5.41) is 11.1. The molecule has 0 aliphatic carbocycles. The van der Waals surface area contributed by atoms with Gasteiger partial charge in [0, 0.05) is 12.3 Å². The van der Waals surface area contributed by atoms with Crippen molar-refractivity contribution in [1.29, 1.82) is 0 Å². The number of aldehydes is 1. The van der Waals surface area contributed by atoms with Gasteiger partial charge in [-0.3, -0.25) is 4.79 Å². The largest absolute Gasteiger partial charge is 0.353 e. The second-order valence-electron chi connectivity index (χ2n) is 2.34. The number of carbonyl (C=O) groups excluding carboxylic acids is 1. The molecular formula is C8H5N3O2. The maximum absolute atomic E-state index is 10.3. The van der Waals surface area contributed by atoms with Gasteiger partial charge in [0.05, 0.1) is 0 Å². The van der Waals surface area contributed by atoms with Crippen molar-refractivity contribution in [2.75, 3.05) is 0 Å². The van der Waals surface area contributed by atoms with Crippen LogP contribution in [0, 0.1) is 0 Å². The van der Waals surface area contributed by atoms with E-state index >= 15 is 0 Å². The Kier molecular flexibility index (Phi) is 1.84. The van der Waals surface area contributed by atoms with Crippen LogP contribution in [-0.4, -0.2) is 21.6 Å². The minimum Gasteiger partial charge on any atom is -0.353 e. The Morgan fingerprint density at radius 3 is 2.92 bits per heavy atom. The molecule has 64 valence electrons. The Labute approximate surface area is 73.4 Å². The number of nitrogens with zero attached hydrogens (tertiary/aromatic N) is 3. The van der Waals surface area contributed by atoms with E-state index in [0.717, 1.165) is 0 Å². The van der Waals surface area contributed by atoms with Gasteiger partial charge >= 0.3 is 0 Å². The lowest BCUT2D eigenvalue weighted by atomic mass is 10.3. The molecule has 2 heterocycles. The van der Waals surface area contributed by atoms with Gasteiger partial charge < -0.3 is 4.52 Å². The van der Waals surface area contributed by atoms with Crippen LogP contribution in [0.1, 0.15) is 10.6 Å². The minimum absolute atomic E-state index is 0.181. The van der Waals surface area contributed by atoms with E-state index in [1.54, 1.807) is 18.3 Å². The highest BCUT2D eigenvalue weighted by molar-refractivity contribution is 5.72. The second kappa shape index (κ2) is 3.14. The molecule has 0 amide bonds. The van der Waals surface area contributed by atoms with Crippen LogP contribution < -0.4 is 0 Å². The van der Waals surface area contributed by atoms with Crippen LogP contribution in [0.2, 0.25) is 0 Å². The Morgan fingerprint density at radius 2 is 2.31 bits per heavy atom. The van der Waals surface area contributed by atoms with Crippen LogP contribution in [0.5, 0.6) is 0 Å². The Balaban J connectivity index is 2.41. The molecule has 5 nitrogen and oxygen atoms in total. The monoisotopic (exact) mass is 175 g/mol. The SMILES string of the molecule is O=Cc1cc(-c2cccnn2)no1. The van der Waals surface area contributed by atoms with Crippen molar-refractivity contribution in [1.82, 2.24) is 15.4 Å². The van der Waals surface area contributed by atoms with Crippen molar-refractivity contribution in [3.05, 3.63) is 30.2 Å². The summed E-state index contributed by atoms with van der Waals surface area (Å²) < 4.78 is 4.68. The third-order valence-electron chi connectivity index (χ3n) is 1.48. The lowest BCUT2D eigenvalue weighted by Crippen LogP contribution is -1.84. The molecule has 2 aromatic heterocycles. The zero-order chi connectivity index (χ0) is 9.10. The predicted octanol–water partition coefficient (Wildman–Crippen LogP) is 0.944. The summed E-state index contributed by atoms with van der Waals surface area (Å²) in [5.41, 5.74) is 1.09.